The number of amides is 1. The average Bonchev–Trinajstić information content (AvgIpc) is 2.47. The summed E-state index contributed by atoms with van der Waals surface area (Å²) in [5.74, 6) is 1.19. The number of carbonyl (C=O) groups excluding carboxylic acids is 1. The van der Waals surface area contributed by atoms with Gasteiger partial charge >= 0.3 is 0 Å². The Kier molecular flexibility index (Phi) is 5.34. The van der Waals surface area contributed by atoms with Crippen LogP contribution < -0.4 is 5.32 Å². The van der Waals surface area contributed by atoms with Crippen molar-refractivity contribution in [2.24, 2.45) is 16.7 Å². The third-order valence-corrected chi connectivity index (χ3v) is 5.66. The lowest BCUT2D eigenvalue weighted by Crippen LogP contribution is -2.54. The third-order valence-electron chi connectivity index (χ3n) is 5.66. The Bertz CT molecular complexity index is 339. The number of nitrogens with zero attached hydrogens (tertiary/aromatic N) is 1. The van der Waals surface area contributed by atoms with Crippen molar-refractivity contribution >= 4 is 5.91 Å². The second-order valence-corrected chi connectivity index (χ2v) is 8.24. The quantitative estimate of drug-likeness (QED) is 0.865. The number of piperidine rings is 2. The Morgan fingerprint density at radius 3 is 2.43 bits per heavy atom. The SMILES string of the molecule is CCCC1(C(=O)N2CCC(C(C)(C)C)CC2)CCCNC1. The molecule has 0 aliphatic carbocycles. The van der Waals surface area contributed by atoms with Gasteiger partial charge in [0.25, 0.3) is 0 Å². The van der Waals surface area contributed by atoms with E-state index in [-0.39, 0.29) is 5.41 Å². The Balaban J connectivity index is 1.99. The standard InChI is InChI=1S/C18H34N2O/c1-5-9-18(10-6-11-19-14-18)16(21)20-12-7-15(8-13-20)17(2,3)4/h15,19H,5-14H2,1-4H3. The molecule has 3 heteroatoms. The highest BCUT2D eigenvalue weighted by Gasteiger charge is 2.42. The van der Waals surface area contributed by atoms with Crippen molar-refractivity contribution < 1.29 is 4.79 Å². The van der Waals surface area contributed by atoms with Gasteiger partial charge in [0.05, 0.1) is 5.41 Å². The van der Waals surface area contributed by atoms with Gasteiger partial charge in [-0.3, -0.25) is 4.79 Å². The molecule has 1 unspecified atom stereocenters. The van der Waals surface area contributed by atoms with Crippen LogP contribution in [0.5, 0.6) is 0 Å². The largest absolute Gasteiger partial charge is 0.342 e. The van der Waals surface area contributed by atoms with Crippen molar-refractivity contribution in [3.63, 3.8) is 0 Å². The zero-order chi connectivity index (χ0) is 15.5. The lowest BCUT2D eigenvalue weighted by molar-refractivity contribution is -0.146. The van der Waals surface area contributed by atoms with Crippen molar-refractivity contribution in [2.45, 2.75) is 66.2 Å². The van der Waals surface area contributed by atoms with Crippen LogP contribution in [-0.4, -0.2) is 37.0 Å². The van der Waals surface area contributed by atoms with E-state index in [4.69, 9.17) is 0 Å². The maximum Gasteiger partial charge on any atom is 0.230 e. The molecule has 0 radical (unpaired) electrons. The minimum absolute atomic E-state index is 0.110. The molecule has 2 aliphatic heterocycles. The van der Waals surface area contributed by atoms with E-state index in [0.29, 0.717) is 11.3 Å². The average molecular weight is 294 g/mol. The van der Waals surface area contributed by atoms with E-state index in [0.717, 1.165) is 57.8 Å². The summed E-state index contributed by atoms with van der Waals surface area (Å²) < 4.78 is 0. The summed E-state index contributed by atoms with van der Waals surface area (Å²) in [6.07, 6.45) is 6.70. The highest BCUT2D eigenvalue weighted by atomic mass is 16.2. The van der Waals surface area contributed by atoms with Gasteiger partial charge in [-0.05, 0) is 50.0 Å². The molecule has 0 aromatic carbocycles. The zero-order valence-corrected chi connectivity index (χ0v) is 14.5. The minimum Gasteiger partial charge on any atom is -0.342 e. The third kappa shape index (κ3) is 3.80. The summed E-state index contributed by atoms with van der Waals surface area (Å²) >= 11 is 0. The summed E-state index contributed by atoms with van der Waals surface area (Å²) in [5.41, 5.74) is 0.268. The maximum absolute atomic E-state index is 13.1. The van der Waals surface area contributed by atoms with E-state index in [1.165, 1.54) is 12.8 Å². The van der Waals surface area contributed by atoms with Crippen LogP contribution in [0.1, 0.15) is 66.2 Å². The smallest absolute Gasteiger partial charge is 0.230 e. The minimum atomic E-state index is -0.110. The molecule has 2 heterocycles. The highest BCUT2D eigenvalue weighted by molar-refractivity contribution is 5.83. The number of likely N-dealkylation sites (tertiary alicyclic amines) is 1. The Morgan fingerprint density at radius 2 is 1.95 bits per heavy atom. The second kappa shape index (κ2) is 6.68. The van der Waals surface area contributed by atoms with Gasteiger partial charge in [-0.25, -0.2) is 0 Å². The van der Waals surface area contributed by atoms with Gasteiger partial charge in [0, 0.05) is 19.6 Å². The highest BCUT2D eigenvalue weighted by Crippen LogP contribution is 2.38. The van der Waals surface area contributed by atoms with Gasteiger partial charge in [-0.15, -0.1) is 0 Å². The molecular formula is C18H34N2O. The molecule has 2 rings (SSSR count). The maximum atomic E-state index is 13.1. The molecule has 1 atom stereocenters. The summed E-state index contributed by atoms with van der Waals surface area (Å²) in [6.45, 7) is 13.1. The van der Waals surface area contributed by atoms with Crippen molar-refractivity contribution in [1.82, 2.24) is 10.2 Å². The molecule has 0 spiro atoms. The summed E-state index contributed by atoms with van der Waals surface area (Å²) in [5, 5.41) is 3.47. The van der Waals surface area contributed by atoms with E-state index in [2.05, 4.69) is 37.9 Å². The Hall–Kier alpha value is -0.570. The number of rotatable bonds is 3. The number of hydrogen-bond donors (Lipinski definition) is 1. The van der Waals surface area contributed by atoms with E-state index in [1.54, 1.807) is 0 Å². The fraction of sp³-hybridized carbons (Fsp3) is 0.944. The molecule has 0 aromatic rings. The first kappa shape index (κ1) is 16.8. The van der Waals surface area contributed by atoms with Crippen LogP contribution >= 0.6 is 0 Å². The van der Waals surface area contributed by atoms with Crippen LogP contribution in [0.3, 0.4) is 0 Å². The topological polar surface area (TPSA) is 32.3 Å². The van der Waals surface area contributed by atoms with Crippen LogP contribution in [0.15, 0.2) is 0 Å². The molecular weight excluding hydrogens is 260 g/mol. The molecule has 1 N–H and O–H groups in total. The molecule has 3 nitrogen and oxygen atoms in total. The van der Waals surface area contributed by atoms with Crippen molar-refractivity contribution in [3.8, 4) is 0 Å². The normalized spacial score (nSPS) is 28.7. The first-order chi connectivity index (χ1) is 9.89. The van der Waals surface area contributed by atoms with Crippen LogP contribution in [-0.2, 0) is 4.79 Å². The van der Waals surface area contributed by atoms with Crippen LogP contribution in [0.4, 0.5) is 0 Å². The van der Waals surface area contributed by atoms with E-state index < -0.39 is 0 Å². The monoisotopic (exact) mass is 294 g/mol. The van der Waals surface area contributed by atoms with Crippen LogP contribution in [0.25, 0.3) is 0 Å². The summed E-state index contributed by atoms with van der Waals surface area (Å²) in [4.78, 5) is 15.3. The predicted molar refractivity (Wildman–Crippen MR) is 88.2 cm³/mol. The van der Waals surface area contributed by atoms with Gasteiger partial charge in [0.15, 0.2) is 0 Å². The molecule has 2 fully saturated rings. The number of carbonyl (C=O) groups is 1. The lowest BCUT2D eigenvalue weighted by Gasteiger charge is -2.44. The molecule has 1 amide bonds. The van der Waals surface area contributed by atoms with Gasteiger partial charge in [-0.1, -0.05) is 34.1 Å². The van der Waals surface area contributed by atoms with Gasteiger partial charge in [0.1, 0.15) is 0 Å². The molecule has 0 saturated carbocycles. The van der Waals surface area contributed by atoms with Crippen LogP contribution in [0, 0.1) is 16.7 Å². The predicted octanol–water partition coefficient (Wildman–Crippen LogP) is 3.44. The molecule has 21 heavy (non-hydrogen) atoms. The van der Waals surface area contributed by atoms with E-state index in [1.807, 2.05) is 0 Å². The molecule has 122 valence electrons. The summed E-state index contributed by atoms with van der Waals surface area (Å²) in [6, 6.07) is 0. The first-order valence-corrected chi connectivity index (χ1v) is 8.89. The Labute approximate surface area is 130 Å². The number of hydrogen-bond acceptors (Lipinski definition) is 2. The molecule has 0 bridgehead atoms. The molecule has 2 saturated heterocycles. The number of nitrogens with one attached hydrogen (secondary N) is 1. The van der Waals surface area contributed by atoms with Crippen molar-refractivity contribution in [2.75, 3.05) is 26.2 Å². The Morgan fingerprint density at radius 1 is 1.29 bits per heavy atom. The van der Waals surface area contributed by atoms with Gasteiger partial charge in [-0.2, -0.15) is 0 Å². The van der Waals surface area contributed by atoms with Crippen molar-refractivity contribution in [1.29, 1.82) is 0 Å². The van der Waals surface area contributed by atoms with Gasteiger partial charge < -0.3 is 10.2 Å². The van der Waals surface area contributed by atoms with Crippen molar-refractivity contribution in [3.05, 3.63) is 0 Å². The first-order valence-electron chi connectivity index (χ1n) is 8.89. The lowest BCUT2D eigenvalue weighted by atomic mass is 9.73. The van der Waals surface area contributed by atoms with E-state index >= 15 is 0 Å². The second-order valence-electron chi connectivity index (χ2n) is 8.24. The van der Waals surface area contributed by atoms with Gasteiger partial charge in [0.2, 0.25) is 5.91 Å². The fourth-order valence-corrected chi connectivity index (χ4v) is 4.23. The van der Waals surface area contributed by atoms with Crippen LogP contribution in [0.2, 0.25) is 0 Å². The summed E-state index contributed by atoms with van der Waals surface area (Å²) in [7, 11) is 0. The fourth-order valence-electron chi connectivity index (χ4n) is 4.23. The zero-order valence-electron chi connectivity index (χ0n) is 14.5. The molecule has 2 aliphatic rings. The molecule has 0 aromatic heterocycles. The van der Waals surface area contributed by atoms with E-state index in [9.17, 15) is 4.79 Å².